The lowest BCUT2D eigenvalue weighted by molar-refractivity contribution is 0.0929. The van der Waals surface area contributed by atoms with E-state index in [4.69, 9.17) is 0 Å². The summed E-state index contributed by atoms with van der Waals surface area (Å²) in [7, 11) is 0. The largest absolute Gasteiger partial charge is 0.347 e. The minimum absolute atomic E-state index is 0.0816. The second-order valence-corrected chi connectivity index (χ2v) is 5.69. The van der Waals surface area contributed by atoms with Crippen molar-refractivity contribution in [1.29, 1.82) is 0 Å². The van der Waals surface area contributed by atoms with E-state index in [2.05, 4.69) is 20.6 Å². The van der Waals surface area contributed by atoms with Crippen LogP contribution in [-0.2, 0) is 0 Å². The molecular weight excluding hydrogens is 300 g/mol. The summed E-state index contributed by atoms with van der Waals surface area (Å²) in [6.45, 7) is 3.98. The van der Waals surface area contributed by atoms with Crippen molar-refractivity contribution in [3.8, 4) is 0 Å². The first-order valence-electron chi connectivity index (χ1n) is 8.07. The summed E-state index contributed by atoms with van der Waals surface area (Å²) in [5.41, 5.74) is 1.65. The number of para-hydroxylation sites is 2. The van der Waals surface area contributed by atoms with E-state index in [-0.39, 0.29) is 17.8 Å². The number of nitrogens with zero attached hydrogens (tertiary/aromatic N) is 2. The van der Waals surface area contributed by atoms with Gasteiger partial charge in [0.2, 0.25) is 5.82 Å². The van der Waals surface area contributed by atoms with Gasteiger partial charge in [0.15, 0.2) is 0 Å². The number of carbonyl (C=O) groups is 1. The quantitative estimate of drug-likeness (QED) is 0.748. The van der Waals surface area contributed by atoms with Gasteiger partial charge in [0.1, 0.15) is 5.82 Å². The molecule has 0 fully saturated rings. The number of amides is 1. The van der Waals surface area contributed by atoms with Crippen LogP contribution < -0.4 is 10.6 Å². The number of hydrogen-bond acceptors (Lipinski definition) is 4. The number of anilines is 2. The topological polar surface area (TPSA) is 66.9 Å². The Morgan fingerprint density at radius 2 is 1.75 bits per heavy atom. The van der Waals surface area contributed by atoms with Crippen LogP contribution in [0, 0.1) is 0 Å². The van der Waals surface area contributed by atoms with Crippen LogP contribution in [-0.4, -0.2) is 21.9 Å². The summed E-state index contributed by atoms with van der Waals surface area (Å²) >= 11 is 0. The molecule has 0 spiro atoms. The van der Waals surface area contributed by atoms with Crippen molar-refractivity contribution in [2.75, 3.05) is 5.32 Å². The molecule has 0 unspecified atom stereocenters. The van der Waals surface area contributed by atoms with Gasteiger partial charge < -0.3 is 10.6 Å². The van der Waals surface area contributed by atoms with E-state index in [9.17, 15) is 4.79 Å². The molecule has 0 aliphatic carbocycles. The first kappa shape index (κ1) is 15.9. The van der Waals surface area contributed by atoms with Gasteiger partial charge in [0.25, 0.3) is 5.91 Å². The second-order valence-electron chi connectivity index (χ2n) is 5.69. The molecule has 0 aliphatic rings. The van der Waals surface area contributed by atoms with Gasteiger partial charge in [-0.2, -0.15) is 0 Å². The van der Waals surface area contributed by atoms with E-state index < -0.39 is 0 Å². The van der Waals surface area contributed by atoms with E-state index in [1.165, 1.54) is 0 Å². The third kappa shape index (κ3) is 3.51. The zero-order chi connectivity index (χ0) is 16.9. The van der Waals surface area contributed by atoms with Gasteiger partial charge in [-0.1, -0.05) is 37.3 Å². The number of hydrogen-bond donors (Lipinski definition) is 2. The minimum atomic E-state index is -0.258. The summed E-state index contributed by atoms with van der Waals surface area (Å²) in [5, 5.41) is 7.06. The number of rotatable bonds is 5. The molecule has 122 valence electrons. The first-order valence-corrected chi connectivity index (χ1v) is 8.07. The molecule has 2 N–H and O–H groups in total. The molecule has 1 heterocycles. The van der Waals surface area contributed by atoms with Crippen LogP contribution in [0.2, 0.25) is 0 Å². The maximum absolute atomic E-state index is 12.4. The molecule has 2 aromatic carbocycles. The van der Waals surface area contributed by atoms with Crippen LogP contribution in [0.3, 0.4) is 0 Å². The molecular formula is C19H20N4O. The van der Waals surface area contributed by atoms with Gasteiger partial charge >= 0.3 is 0 Å². The van der Waals surface area contributed by atoms with Gasteiger partial charge in [0, 0.05) is 17.1 Å². The van der Waals surface area contributed by atoms with Crippen molar-refractivity contribution >= 4 is 28.3 Å². The Balaban J connectivity index is 2.01. The maximum atomic E-state index is 12.4. The second kappa shape index (κ2) is 7.08. The smallest absolute Gasteiger partial charge is 0.289 e. The van der Waals surface area contributed by atoms with Crippen molar-refractivity contribution in [3.05, 3.63) is 60.4 Å². The monoisotopic (exact) mass is 320 g/mol. The molecule has 5 nitrogen and oxygen atoms in total. The van der Waals surface area contributed by atoms with Crippen LogP contribution in [0.1, 0.15) is 30.9 Å². The van der Waals surface area contributed by atoms with E-state index in [0.29, 0.717) is 5.82 Å². The fourth-order valence-electron chi connectivity index (χ4n) is 2.32. The van der Waals surface area contributed by atoms with E-state index in [0.717, 1.165) is 23.0 Å². The molecule has 0 saturated heterocycles. The SMILES string of the molecule is CC[C@@H](C)NC(=O)c1nc(Nc2ccccc2)c2ccccc2n1. The standard InChI is InChI=1S/C19H20N4O/c1-3-13(2)20-19(24)18-22-16-12-8-7-11-15(16)17(23-18)21-14-9-5-4-6-10-14/h4-13H,3H2,1-2H3,(H,20,24)(H,21,22,23)/t13-/m1/s1. The van der Waals surface area contributed by atoms with Crippen LogP contribution in [0.25, 0.3) is 10.9 Å². The highest BCUT2D eigenvalue weighted by atomic mass is 16.2. The summed E-state index contributed by atoms with van der Waals surface area (Å²) in [4.78, 5) is 21.2. The number of carbonyl (C=O) groups excluding carboxylic acids is 1. The Kier molecular flexibility index (Phi) is 4.70. The molecule has 0 aliphatic heterocycles. The van der Waals surface area contributed by atoms with E-state index in [1.807, 2.05) is 68.4 Å². The van der Waals surface area contributed by atoms with Crippen LogP contribution in [0.5, 0.6) is 0 Å². The molecule has 1 amide bonds. The molecule has 1 atom stereocenters. The molecule has 24 heavy (non-hydrogen) atoms. The molecule has 3 rings (SSSR count). The number of nitrogens with one attached hydrogen (secondary N) is 2. The van der Waals surface area contributed by atoms with Gasteiger partial charge in [-0.25, -0.2) is 9.97 Å². The predicted octanol–water partition coefficient (Wildman–Crippen LogP) is 3.90. The lowest BCUT2D eigenvalue weighted by Crippen LogP contribution is -2.33. The minimum Gasteiger partial charge on any atom is -0.347 e. The number of aromatic nitrogens is 2. The van der Waals surface area contributed by atoms with E-state index in [1.54, 1.807) is 0 Å². The van der Waals surface area contributed by atoms with Gasteiger partial charge in [-0.15, -0.1) is 0 Å². The molecule has 3 aromatic rings. The highest BCUT2D eigenvalue weighted by molar-refractivity contribution is 5.97. The normalized spacial score (nSPS) is 11.9. The Morgan fingerprint density at radius 1 is 1.04 bits per heavy atom. The predicted molar refractivity (Wildman–Crippen MR) is 96.5 cm³/mol. The van der Waals surface area contributed by atoms with E-state index >= 15 is 0 Å². The van der Waals surface area contributed by atoms with Gasteiger partial charge in [0.05, 0.1) is 5.52 Å². The molecule has 0 saturated carbocycles. The highest BCUT2D eigenvalue weighted by Gasteiger charge is 2.15. The van der Waals surface area contributed by atoms with Crippen LogP contribution >= 0.6 is 0 Å². The third-order valence-electron chi connectivity index (χ3n) is 3.83. The fraction of sp³-hybridized carbons (Fsp3) is 0.211. The Hall–Kier alpha value is -2.95. The average Bonchev–Trinajstić information content (AvgIpc) is 2.62. The van der Waals surface area contributed by atoms with Crippen molar-refractivity contribution in [1.82, 2.24) is 15.3 Å². The Bertz CT molecular complexity index is 848. The van der Waals surface area contributed by atoms with Crippen molar-refractivity contribution in [3.63, 3.8) is 0 Å². The molecule has 0 radical (unpaired) electrons. The van der Waals surface area contributed by atoms with Crippen molar-refractivity contribution in [2.24, 2.45) is 0 Å². The van der Waals surface area contributed by atoms with Gasteiger partial charge in [-0.3, -0.25) is 4.79 Å². The van der Waals surface area contributed by atoms with Gasteiger partial charge in [-0.05, 0) is 37.6 Å². The maximum Gasteiger partial charge on any atom is 0.289 e. The van der Waals surface area contributed by atoms with Crippen molar-refractivity contribution in [2.45, 2.75) is 26.3 Å². The summed E-state index contributed by atoms with van der Waals surface area (Å²) in [6, 6.07) is 17.5. The highest BCUT2D eigenvalue weighted by Crippen LogP contribution is 2.23. The molecule has 5 heteroatoms. The Labute approximate surface area is 141 Å². The zero-order valence-electron chi connectivity index (χ0n) is 13.8. The molecule has 1 aromatic heterocycles. The van der Waals surface area contributed by atoms with Crippen LogP contribution in [0.4, 0.5) is 11.5 Å². The number of fused-ring (bicyclic) bond motifs is 1. The first-order chi connectivity index (χ1) is 11.7. The van der Waals surface area contributed by atoms with Crippen molar-refractivity contribution < 1.29 is 4.79 Å². The summed E-state index contributed by atoms with van der Waals surface area (Å²) < 4.78 is 0. The number of benzene rings is 2. The Morgan fingerprint density at radius 3 is 2.50 bits per heavy atom. The summed E-state index contributed by atoms with van der Waals surface area (Å²) in [6.07, 6.45) is 0.856. The van der Waals surface area contributed by atoms with Crippen LogP contribution in [0.15, 0.2) is 54.6 Å². The lowest BCUT2D eigenvalue weighted by atomic mass is 10.2. The summed E-state index contributed by atoms with van der Waals surface area (Å²) in [5.74, 6) is 0.541. The zero-order valence-corrected chi connectivity index (χ0v) is 13.8. The molecule has 0 bridgehead atoms. The third-order valence-corrected chi connectivity index (χ3v) is 3.83. The fourth-order valence-corrected chi connectivity index (χ4v) is 2.32. The average molecular weight is 320 g/mol. The lowest BCUT2D eigenvalue weighted by Gasteiger charge is -2.13.